The zero-order valence-electron chi connectivity index (χ0n) is 12.6. The average Bonchev–Trinajstić information content (AvgIpc) is 2.49. The van der Waals surface area contributed by atoms with Gasteiger partial charge in [-0.3, -0.25) is 9.69 Å². The van der Waals surface area contributed by atoms with Gasteiger partial charge in [0, 0.05) is 11.1 Å². The van der Waals surface area contributed by atoms with E-state index >= 15 is 0 Å². The van der Waals surface area contributed by atoms with Crippen LogP contribution in [0.15, 0.2) is 24.3 Å². The molecule has 2 atom stereocenters. The topological polar surface area (TPSA) is 40.5 Å². The third-order valence-electron chi connectivity index (χ3n) is 4.32. The first-order valence-electron chi connectivity index (χ1n) is 7.87. The van der Waals surface area contributed by atoms with E-state index in [1.54, 1.807) is 0 Å². The molecule has 4 heteroatoms. The Morgan fingerprint density at radius 2 is 2.10 bits per heavy atom. The number of benzene rings is 1. The molecule has 1 heterocycles. The smallest absolute Gasteiger partial charge is 0.320 e. The number of piperidine rings is 1. The number of carboxylic acids is 1. The molecule has 1 aliphatic heterocycles. The number of likely N-dealkylation sites (tertiary alicyclic amines) is 1. The summed E-state index contributed by atoms with van der Waals surface area (Å²) in [5.74, 6) is -0.690. The normalized spacial score (nSPS) is 21.1. The number of hydrogen-bond acceptors (Lipinski definition) is 2. The highest BCUT2D eigenvalue weighted by Crippen LogP contribution is 2.33. The molecular weight excluding hydrogens is 286 g/mol. The maximum Gasteiger partial charge on any atom is 0.320 e. The molecule has 1 N–H and O–H groups in total. The van der Waals surface area contributed by atoms with Crippen molar-refractivity contribution in [2.45, 2.75) is 57.5 Å². The highest BCUT2D eigenvalue weighted by atomic mass is 35.5. The van der Waals surface area contributed by atoms with Crippen LogP contribution in [0.3, 0.4) is 0 Å². The summed E-state index contributed by atoms with van der Waals surface area (Å²) < 4.78 is 0. The van der Waals surface area contributed by atoms with Crippen LogP contribution in [-0.4, -0.2) is 28.6 Å². The monoisotopic (exact) mass is 309 g/mol. The second kappa shape index (κ2) is 7.81. The fourth-order valence-corrected chi connectivity index (χ4v) is 3.32. The van der Waals surface area contributed by atoms with Crippen molar-refractivity contribution in [1.82, 2.24) is 4.90 Å². The van der Waals surface area contributed by atoms with Crippen LogP contribution >= 0.6 is 11.6 Å². The molecule has 1 aliphatic rings. The molecule has 0 radical (unpaired) electrons. The molecule has 0 aromatic heterocycles. The summed E-state index contributed by atoms with van der Waals surface area (Å²) in [4.78, 5) is 13.8. The summed E-state index contributed by atoms with van der Waals surface area (Å²) in [6.07, 6.45) is 6.08. The van der Waals surface area contributed by atoms with Crippen molar-refractivity contribution in [3.8, 4) is 0 Å². The van der Waals surface area contributed by atoms with Gasteiger partial charge in [-0.1, -0.05) is 49.9 Å². The van der Waals surface area contributed by atoms with Crippen LogP contribution in [-0.2, 0) is 4.79 Å². The van der Waals surface area contributed by atoms with Crippen LogP contribution in [0, 0.1) is 0 Å². The Kier molecular flexibility index (Phi) is 6.07. The van der Waals surface area contributed by atoms with Gasteiger partial charge in [-0.2, -0.15) is 0 Å². The number of hydrogen-bond donors (Lipinski definition) is 1. The molecule has 21 heavy (non-hydrogen) atoms. The molecule has 1 aromatic carbocycles. The number of nitrogens with zero attached hydrogens (tertiary/aromatic N) is 1. The van der Waals surface area contributed by atoms with Gasteiger partial charge in [0.15, 0.2) is 0 Å². The van der Waals surface area contributed by atoms with E-state index in [1.165, 1.54) is 5.56 Å². The van der Waals surface area contributed by atoms with Crippen LogP contribution in [0.25, 0.3) is 0 Å². The van der Waals surface area contributed by atoms with E-state index in [0.29, 0.717) is 0 Å². The van der Waals surface area contributed by atoms with Gasteiger partial charge in [0.05, 0.1) is 0 Å². The van der Waals surface area contributed by atoms with Gasteiger partial charge in [-0.15, -0.1) is 0 Å². The van der Waals surface area contributed by atoms with E-state index < -0.39 is 5.97 Å². The van der Waals surface area contributed by atoms with Gasteiger partial charge in [-0.25, -0.2) is 0 Å². The molecule has 1 aromatic rings. The maximum absolute atomic E-state index is 11.6. The second-order valence-electron chi connectivity index (χ2n) is 5.80. The van der Waals surface area contributed by atoms with Crippen molar-refractivity contribution in [3.63, 3.8) is 0 Å². The average molecular weight is 310 g/mol. The van der Waals surface area contributed by atoms with Crippen LogP contribution in [0.2, 0.25) is 5.02 Å². The molecule has 0 bridgehead atoms. The summed E-state index contributed by atoms with van der Waals surface area (Å²) >= 11 is 5.98. The minimum absolute atomic E-state index is 0.184. The van der Waals surface area contributed by atoms with E-state index in [2.05, 4.69) is 11.8 Å². The predicted molar refractivity (Wildman–Crippen MR) is 85.7 cm³/mol. The molecule has 116 valence electrons. The van der Waals surface area contributed by atoms with Crippen molar-refractivity contribution in [3.05, 3.63) is 34.9 Å². The zero-order valence-corrected chi connectivity index (χ0v) is 13.4. The summed E-state index contributed by atoms with van der Waals surface area (Å²) in [6.45, 7) is 3.04. The molecule has 2 rings (SSSR count). The SMILES string of the molecule is CCCCC(c1ccc(Cl)cc1)N1CCCCC1C(=O)O. The Balaban J connectivity index is 2.24. The predicted octanol–water partition coefficient (Wildman–Crippen LogP) is 4.51. The molecule has 0 aliphatic carbocycles. The summed E-state index contributed by atoms with van der Waals surface area (Å²) in [5.41, 5.74) is 1.18. The first kappa shape index (κ1) is 16.3. The third-order valence-corrected chi connectivity index (χ3v) is 4.57. The van der Waals surface area contributed by atoms with Crippen molar-refractivity contribution in [2.75, 3.05) is 6.54 Å². The van der Waals surface area contributed by atoms with Crippen LogP contribution in [0.4, 0.5) is 0 Å². The number of aliphatic carboxylic acids is 1. The van der Waals surface area contributed by atoms with Crippen LogP contribution in [0.1, 0.15) is 57.1 Å². The van der Waals surface area contributed by atoms with Gasteiger partial charge >= 0.3 is 5.97 Å². The van der Waals surface area contributed by atoms with Gasteiger partial charge in [0.2, 0.25) is 0 Å². The molecule has 2 unspecified atom stereocenters. The van der Waals surface area contributed by atoms with Crippen molar-refractivity contribution >= 4 is 17.6 Å². The standard InChI is InChI=1S/C17H24ClNO2/c1-2-3-6-15(13-8-10-14(18)11-9-13)19-12-5-4-7-16(19)17(20)21/h8-11,15-16H,2-7,12H2,1H3,(H,20,21). The molecule has 1 fully saturated rings. The number of rotatable bonds is 6. The van der Waals surface area contributed by atoms with E-state index in [1.807, 2.05) is 24.3 Å². The highest BCUT2D eigenvalue weighted by molar-refractivity contribution is 6.30. The number of halogens is 1. The van der Waals surface area contributed by atoms with E-state index in [0.717, 1.165) is 50.1 Å². The lowest BCUT2D eigenvalue weighted by Crippen LogP contribution is -2.46. The molecular formula is C17H24ClNO2. The summed E-state index contributed by atoms with van der Waals surface area (Å²) in [5, 5.41) is 10.2. The Morgan fingerprint density at radius 1 is 1.38 bits per heavy atom. The molecule has 0 saturated carbocycles. The van der Waals surface area contributed by atoms with Crippen LogP contribution in [0.5, 0.6) is 0 Å². The van der Waals surface area contributed by atoms with Crippen LogP contribution < -0.4 is 0 Å². The molecule has 1 saturated heterocycles. The molecule has 3 nitrogen and oxygen atoms in total. The Hall–Kier alpha value is -1.06. The van der Waals surface area contributed by atoms with E-state index in [4.69, 9.17) is 11.6 Å². The van der Waals surface area contributed by atoms with Gasteiger partial charge in [0.1, 0.15) is 6.04 Å². The largest absolute Gasteiger partial charge is 0.480 e. The lowest BCUT2D eigenvalue weighted by molar-refractivity contribution is -0.146. The van der Waals surface area contributed by atoms with E-state index in [-0.39, 0.29) is 12.1 Å². The fourth-order valence-electron chi connectivity index (χ4n) is 3.20. The Morgan fingerprint density at radius 3 is 2.71 bits per heavy atom. The van der Waals surface area contributed by atoms with Gasteiger partial charge in [0.25, 0.3) is 0 Å². The minimum atomic E-state index is -0.690. The van der Waals surface area contributed by atoms with Crippen molar-refractivity contribution < 1.29 is 9.90 Å². The second-order valence-corrected chi connectivity index (χ2v) is 6.23. The molecule has 0 amide bonds. The quantitative estimate of drug-likeness (QED) is 0.840. The molecule has 0 spiro atoms. The lowest BCUT2D eigenvalue weighted by atomic mass is 9.93. The van der Waals surface area contributed by atoms with Gasteiger partial charge < -0.3 is 5.11 Å². The first-order chi connectivity index (χ1) is 10.1. The van der Waals surface area contributed by atoms with Crippen molar-refractivity contribution in [2.24, 2.45) is 0 Å². The number of carboxylic acid groups (broad SMARTS) is 1. The van der Waals surface area contributed by atoms with E-state index in [9.17, 15) is 9.90 Å². The highest BCUT2D eigenvalue weighted by Gasteiger charge is 2.33. The maximum atomic E-state index is 11.6. The van der Waals surface area contributed by atoms with Gasteiger partial charge in [-0.05, 0) is 43.5 Å². The fraction of sp³-hybridized carbons (Fsp3) is 0.588. The minimum Gasteiger partial charge on any atom is -0.480 e. The summed E-state index contributed by atoms with van der Waals surface area (Å²) in [6, 6.07) is 7.71. The summed E-state index contributed by atoms with van der Waals surface area (Å²) in [7, 11) is 0. The number of carbonyl (C=O) groups is 1. The lowest BCUT2D eigenvalue weighted by Gasteiger charge is -2.39. The Labute approximate surface area is 131 Å². The zero-order chi connectivity index (χ0) is 15.2. The third kappa shape index (κ3) is 4.21. The first-order valence-corrected chi connectivity index (χ1v) is 8.25. The van der Waals surface area contributed by atoms with Crippen molar-refractivity contribution in [1.29, 1.82) is 0 Å². The number of unbranched alkanes of at least 4 members (excludes halogenated alkanes) is 1. The Bertz CT molecular complexity index is 460.